The Labute approximate surface area is 227 Å². The zero-order valence-corrected chi connectivity index (χ0v) is 22.7. The lowest BCUT2D eigenvalue weighted by Gasteiger charge is -2.28. The molecule has 0 spiro atoms. The molecule has 3 aromatic rings. The van der Waals surface area contributed by atoms with Crippen LogP contribution in [0.15, 0.2) is 100 Å². The number of nitrogens with one attached hydrogen (secondary N) is 3. The van der Waals surface area contributed by atoms with Gasteiger partial charge in [-0.1, -0.05) is 72.4 Å². The molecule has 5 rings (SSSR count). The molecule has 7 heteroatoms. The molecule has 1 unspecified atom stereocenters. The zero-order valence-electron chi connectivity index (χ0n) is 21.9. The fraction of sp³-hybridized carbons (Fsp3) is 0.194. The quantitative estimate of drug-likeness (QED) is 0.343. The highest BCUT2D eigenvalue weighted by atomic mass is 32.2. The molecule has 38 heavy (non-hydrogen) atoms. The second-order valence-corrected chi connectivity index (χ2v) is 10.6. The summed E-state index contributed by atoms with van der Waals surface area (Å²) in [6.45, 7) is 7.81. The molecule has 6 nitrogen and oxygen atoms in total. The molecule has 2 heterocycles. The predicted octanol–water partition coefficient (Wildman–Crippen LogP) is 6.84. The average molecular weight is 523 g/mol. The first-order valence-corrected chi connectivity index (χ1v) is 13.5. The number of aryl methyl sites for hydroxylation is 3. The summed E-state index contributed by atoms with van der Waals surface area (Å²) >= 11 is 1.58. The number of aliphatic imine (C=N–C) groups is 1. The van der Waals surface area contributed by atoms with E-state index in [0.29, 0.717) is 17.0 Å². The number of benzene rings is 3. The highest BCUT2D eigenvalue weighted by Crippen LogP contribution is 2.45. The molecule has 3 amide bonds. The zero-order chi connectivity index (χ0) is 26.8. The highest BCUT2D eigenvalue weighted by molar-refractivity contribution is 8.15. The second kappa shape index (κ2) is 10.7. The molecule has 0 aromatic heterocycles. The predicted molar refractivity (Wildman–Crippen MR) is 157 cm³/mol. The van der Waals surface area contributed by atoms with Crippen molar-refractivity contribution in [3.05, 3.63) is 118 Å². The molecule has 192 valence electrons. The average Bonchev–Trinajstić information content (AvgIpc) is 3.28. The lowest BCUT2D eigenvalue weighted by molar-refractivity contribution is -0.113. The monoisotopic (exact) mass is 522 g/mol. The summed E-state index contributed by atoms with van der Waals surface area (Å²) in [5.74, 6) is 0.00768. The highest BCUT2D eigenvalue weighted by Gasteiger charge is 2.39. The van der Waals surface area contributed by atoms with Crippen LogP contribution in [-0.2, 0) is 4.79 Å². The van der Waals surface area contributed by atoms with E-state index in [-0.39, 0.29) is 17.9 Å². The number of nitrogens with zero attached hydrogens (tertiary/aromatic N) is 1. The normalized spacial score (nSPS) is 16.6. The van der Waals surface area contributed by atoms with Gasteiger partial charge in [0.15, 0.2) is 0 Å². The lowest BCUT2D eigenvalue weighted by atomic mass is 9.81. The molecule has 3 aromatic carbocycles. The molecule has 1 atom stereocenters. The maximum atomic E-state index is 13.8. The first kappa shape index (κ1) is 25.5. The van der Waals surface area contributed by atoms with E-state index in [4.69, 9.17) is 4.99 Å². The SMILES string of the molecule is CC1=C(C(=O)Nc2ccccc2C)C(c2ccccc2)C2=C(NC(=O)Nc3cc(C)ccc3C)CSC2=N1. The molecule has 0 radical (unpaired) electrons. The van der Waals surface area contributed by atoms with Crippen LogP contribution in [0.2, 0.25) is 0 Å². The van der Waals surface area contributed by atoms with Crippen molar-refractivity contribution in [2.75, 3.05) is 16.4 Å². The van der Waals surface area contributed by atoms with Crippen LogP contribution in [0.1, 0.15) is 35.1 Å². The number of fused-ring (bicyclic) bond motifs is 1. The Hall–Kier alpha value is -4.10. The topological polar surface area (TPSA) is 82.6 Å². The molecule has 0 aliphatic carbocycles. The minimum absolute atomic E-state index is 0.197. The van der Waals surface area contributed by atoms with Gasteiger partial charge in [-0.3, -0.25) is 4.79 Å². The van der Waals surface area contributed by atoms with E-state index in [1.54, 1.807) is 11.8 Å². The number of hydrogen-bond donors (Lipinski definition) is 3. The van der Waals surface area contributed by atoms with Gasteiger partial charge in [-0.05, 0) is 62.1 Å². The van der Waals surface area contributed by atoms with Gasteiger partial charge in [0.1, 0.15) is 5.04 Å². The summed E-state index contributed by atoms with van der Waals surface area (Å²) < 4.78 is 0. The number of amides is 3. The van der Waals surface area contributed by atoms with Gasteiger partial charge < -0.3 is 16.0 Å². The van der Waals surface area contributed by atoms with Crippen molar-refractivity contribution < 1.29 is 9.59 Å². The largest absolute Gasteiger partial charge is 0.323 e. The minimum Gasteiger partial charge on any atom is -0.322 e. The van der Waals surface area contributed by atoms with Gasteiger partial charge in [0.25, 0.3) is 5.91 Å². The molecule has 0 bridgehead atoms. The Morgan fingerprint density at radius 2 is 1.53 bits per heavy atom. The van der Waals surface area contributed by atoms with Crippen LogP contribution in [0, 0.1) is 20.8 Å². The maximum absolute atomic E-state index is 13.8. The Morgan fingerprint density at radius 3 is 2.29 bits per heavy atom. The van der Waals surface area contributed by atoms with E-state index in [1.165, 1.54) is 0 Å². The number of carbonyl (C=O) groups excluding carboxylic acids is 2. The number of allylic oxidation sites excluding steroid dienone is 1. The van der Waals surface area contributed by atoms with Crippen LogP contribution in [0.4, 0.5) is 16.2 Å². The Bertz CT molecular complexity index is 1520. The standard InChI is InChI=1S/C31H30N4O2S/c1-18-14-15-20(3)24(16-18)34-31(37)35-25-17-38-30-28(25)27(22-11-6-5-7-12-22)26(21(4)32-30)29(36)33-23-13-9-8-10-19(23)2/h5-16,27H,17H2,1-4H3,(H,33,36)(H2,34,35,37). The van der Waals surface area contributed by atoms with Crippen LogP contribution in [0.3, 0.4) is 0 Å². The summed E-state index contributed by atoms with van der Waals surface area (Å²) in [4.78, 5) is 31.7. The Kier molecular flexibility index (Phi) is 7.20. The van der Waals surface area contributed by atoms with Crippen molar-refractivity contribution >= 4 is 40.1 Å². The first-order valence-electron chi connectivity index (χ1n) is 12.5. The Balaban J connectivity index is 1.52. The van der Waals surface area contributed by atoms with Gasteiger partial charge in [0.05, 0.1) is 5.57 Å². The smallest absolute Gasteiger partial charge is 0.322 e. The van der Waals surface area contributed by atoms with Crippen LogP contribution < -0.4 is 16.0 Å². The van der Waals surface area contributed by atoms with Gasteiger partial charge in [0.2, 0.25) is 0 Å². The number of hydrogen-bond acceptors (Lipinski definition) is 4. The Morgan fingerprint density at radius 1 is 0.816 bits per heavy atom. The number of rotatable bonds is 5. The number of thioether (sulfide) groups is 1. The first-order chi connectivity index (χ1) is 18.3. The number of anilines is 2. The third kappa shape index (κ3) is 5.15. The number of para-hydroxylation sites is 1. The molecule has 2 aliphatic heterocycles. The molecule has 0 fully saturated rings. The summed E-state index contributed by atoms with van der Waals surface area (Å²) in [7, 11) is 0. The summed E-state index contributed by atoms with van der Waals surface area (Å²) in [6, 6.07) is 23.3. The van der Waals surface area contributed by atoms with E-state index >= 15 is 0 Å². The number of carbonyl (C=O) groups is 2. The summed E-state index contributed by atoms with van der Waals surface area (Å²) in [5.41, 5.74) is 8.44. The van der Waals surface area contributed by atoms with E-state index in [1.807, 2.05) is 100 Å². The number of urea groups is 1. The fourth-order valence-corrected chi connectivity index (χ4v) is 5.93. The van der Waals surface area contributed by atoms with E-state index in [9.17, 15) is 9.59 Å². The lowest BCUT2D eigenvalue weighted by Crippen LogP contribution is -2.32. The van der Waals surface area contributed by atoms with E-state index in [0.717, 1.165) is 49.9 Å². The van der Waals surface area contributed by atoms with Crippen molar-refractivity contribution in [1.82, 2.24) is 5.32 Å². The molecule has 2 aliphatic rings. The van der Waals surface area contributed by atoms with Crippen molar-refractivity contribution in [2.45, 2.75) is 33.6 Å². The second-order valence-electron chi connectivity index (χ2n) is 9.61. The van der Waals surface area contributed by atoms with Crippen LogP contribution in [0.5, 0.6) is 0 Å². The van der Waals surface area contributed by atoms with E-state index in [2.05, 4.69) is 16.0 Å². The van der Waals surface area contributed by atoms with Crippen LogP contribution in [0.25, 0.3) is 0 Å². The third-order valence-electron chi connectivity index (χ3n) is 6.82. The summed E-state index contributed by atoms with van der Waals surface area (Å²) in [5, 5.41) is 10.00. The molecule has 0 saturated carbocycles. The summed E-state index contributed by atoms with van der Waals surface area (Å²) in [6.07, 6.45) is 0. The van der Waals surface area contributed by atoms with E-state index < -0.39 is 0 Å². The van der Waals surface area contributed by atoms with Gasteiger partial charge in [-0.15, -0.1) is 0 Å². The van der Waals surface area contributed by atoms with Gasteiger partial charge in [-0.25, -0.2) is 9.79 Å². The van der Waals surface area contributed by atoms with Gasteiger partial charge in [0, 0.05) is 40.0 Å². The van der Waals surface area contributed by atoms with Crippen molar-refractivity contribution in [3.8, 4) is 0 Å². The maximum Gasteiger partial charge on any atom is 0.323 e. The molecular weight excluding hydrogens is 492 g/mol. The fourth-order valence-electron chi connectivity index (χ4n) is 4.82. The molecule has 3 N–H and O–H groups in total. The van der Waals surface area contributed by atoms with Crippen molar-refractivity contribution in [2.24, 2.45) is 4.99 Å². The molecule has 0 saturated heterocycles. The van der Waals surface area contributed by atoms with Crippen LogP contribution in [-0.4, -0.2) is 22.7 Å². The van der Waals surface area contributed by atoms with Crippen molar-refractivity contribution in [1.29, 1.82) is 0 Å². The molecular formula is C31H30N4O2S. The third-order valence-corrected chi connectivity index (χ3v) is 7.84. The van der Waals surface area contributed by atoms with Gasteiger partial charge >= 0.3 is 6.03 Å². The minimum atomic E-state index is -0.362. The van der Waals surface area contributed by atoms with Crippen LogP contribution >= 0.6 is 11.8 Å². The van der Waals surface area contributed by atoms with Crippen molar-refractivity contribution in [3.63, 3.8) is 0 Å². The van der Waals surface area contributed by atoms with Gasteiger partial charge in [-0.2, -0.15) is 0 Å².